The summed E-state index contributed by atoms with van der Waals surface area (Å²) in [6.07, 6.45) is 11.7. The van der Waals surface area contributed by atoms with E-state index in [1.807, 2.05) is 42.6 Å². The molecule has 0 N–H and O–H groups in total. The number of nitrogens with zero attached hydrogens (tertiary/aromatic N) is 2. The Hall–Kier alpha value is -2.70. The van der Waals surface area contributed by atoms with E-state index in [9.17, 15) is 4.39 Å². The van der Waals surface area contributed by atoms with Crippen molar-refractivity contribution in [2.45, 2.75) is 69.6 Å². The Morgan fingerprint density at radius 2 is 1.68 bits per heavy atom. The molecule has 1 aliphatic carbocycles. The first-order valence-electron chi connectivity index (χ1n) is 16.6. The van der Waals surface area contributed by atoms with Gasteiger partial charge in [-0.05, 0) is 40.9 Å². The fourth-order valence-corrected chi connectivity index (χ4v) is 11.1. The van der Waals surface area contributed by atoms with Crippen LogP contribution in [0.1, 0.15) is 50.7 Å². The second-order valence-electron chi connectivity index (χ2n) is 14.1. The average molecular weight is 880 g/mol. The van der Waals surface area contributed by atoms with Crippen LogP contribution < -0.4 is 4.40 Å². The molecular formula is C41H43FGeIrN2S-2. The number of fused-ring (bicyclic) bond motifs is 3. The number of thiophene rings is 1. The second-order valence-corrected chi connectivity index (χ2v) is 25.7. The number of rotatable bonds is 7. The maximum Gasteiger partial charge on any atom is 0.130 e. The van der Waals surface area contributed by atoms with Crippen LogP contribution in [-0.4, -0.2) is 23.2 Å². The SMILES string of the molecule is CC(C)Cc1cc(-c2[c-]cccc2)nc[c]1[Ge]([CH3])([CH3])[CH3].Fc1cccc2sc3c[c-]c(-c4cc(CC5CCCC5)ccn4)cc3c12.[Ir]. The van der Waals surface area contributed by atoms with Gasteiger partial charge in [-0.2, -0.15) is 11.3 Å². The van der Waals surface area contributed by atoms with E-state index in [1.165, 1.54) is 42.9 Å². The van der Waals surface area contributed by atoms with Gasteiger partial charge in [0.15, 0.2) is 0 Å². The summed E-state index contributed by atoms with van der Waals surface area (Å²) in [6.45, 7) is 4.57. The summed E-state index contributed by atoms with van der Waals surface area (Å²) in [5.74, 6) is 8.65. The number of benzene rings is 3. The number of pyridine rings is 2. The van der Waals surface area contributed by atoms with E-state index in [4.69, 9.17) is 4.98 Å². The molecule has 3 heterocycles. The van der Waals surface area contributed by atoms with E-state index in [1.54, 1.807) is 21.8 Å². The van der Waals surface area contributed by atoms with E-state index < -0.39 is 13.3 Å². The molecule has 7 rings (SSSR count). The quantitative estimate of drug-likeness (QED) is 0.118. The van der Waals surface area contributed by atoms with Crippen molar-refractivity contribution >= 4 is 49.2 Å². The molecule has 3 aromatic heterocycles. The Morgan fingerprint density at radius 3 is 2.40 bits per heavy atom. The zero-order chi connectivity index (χ0) is 32.3. The molecule has 1 aliphatic rings. The Kier molecular flexibility index (Phi) is 11.9. The summed E-state index contributed by atoms with van der Waals surface area (Å²) < 4.78 is 17.9. The van der Waals surface area contributed by atoms with E-state index in [0.29, 0.717) is 11.3 Å². The van der Waals surface area contributed by atoms with Crippen molar-refractivity contribution in [1.29, 1.82) is 0 Å². The van der Waals surface area contributed by atoms with Gasteiger partial charge in [0.05, 0.1) is 0 Å². The molecule has 47 heavy (non-hydrogen) atoms. The molecule has 3 aromatic carbocycles. The average Bonchev–Trinajstić information content (AvgIpc) is 3.69. The van der Waals surface area contributed by atoms with Gasteiger partial charge in [0, 0.05) is 36.4 Å². The van der Waals surface area contributed by atoms with Crippen LogP contribution in [0.25, 0.3) is 42.7 Å². The van der Waals surface area contributed by atoms with E-state index in [0.717, 1.165) is 56.1 Å². The van der Waals surface area contributed by atoms with Crippen LogP contribution in [0.15, 0.2) is 85.2 Å². The van der Waals surface area contributed by atoms with Gasteiger partial charge in [0.25, 0.3) is 0 Å². The van der Waals surface area contributed by atoms with Gasteiger partial charge in [0.2, 0.25) is 0 Å². The van der Waals surface area contributed by atoms with Crippen LogP contribution in [0.5, 0.6) is 0 Å². The monoisotopic (exact) mass is 881 g/mol. The number of aromatic nitrogens is 2. The molecule has 0 aliphatic heterocycles. The topological polar surface area (TPSA) is 25.8 Å². The van der Waals surface area contributed by atoms with Crippen molar-refractivity contribution < 1.29 is 24.5 Å². The predicted molar refractivity (Wildman–Crippen MR) is 197 cm³/mol. The first-order valence-corrected chi connectivity index (χ1v) is 24.8. The van der Waals surface area contributed by atoms with Crippen LogP contribution in [0, 0.1) is 29.8 Å². The smallest absolute Gasteiger partial charge is 0.130 e. The largest absolute Gasteiger partial charge is 0.305 e. The van der Waals surface area contributed by atoms with Crippen molar-refractivity contribution in [2.75, 3.05) is 0 Å². The summed E-state index contributed by atoms with van der Waals surface area (Å²) in [5, 5.41) is 1.67. The van der Waals surface area contributed by atoms with E-state index in [2.05, 4.69) is 78.7 Å². The fourth-order valence-electron chi connectivity index (χ4n) is 6.65. The summed E-state index contributed by atoms with van der Waals surface area (Å²) in [6, 6.07) is 30.6. The molecule has 6 aromatic rings. The maximum atomic E-state index is 14.4. The fraction of sp³-hybridized carbons (Fsp3) is 0.317. The Balaban J connectivity index is 0.000000188. The standard InChI is InChI=1S/C23H19FNS.C18H24GeN.Ir/c24-19-6-3-7-22-23(19)18-14-17(8-9-21(18)26-22)20-13-16(10-11-25-20)12-15-4-1-2-5-15;1-14(2)11-16-12-18(15-9-7-6-8-10-15)20-13-17(16)19(3,4)5;/h3,6-7,9-11,13-15H,1-2,4-5,12H2;6-9,12-14H,11H2,1-5H3;/q2*-1;. The maximum absolute atomic E-state index is 14.4. The van der Waals surface area contributed by atoms with E-state index >= 15 is 0 Å². The Morgan fingerprint density at radius 1 is 0.894 bits per heavy atom. The van der Waals surface area contributed by atoms with Crippen molar-refractivity contribution in [3.63, 3.8) is 0 Å². The molecule has 1 saturated carbocycles. The van der Waals surface area contributed by atoms with Crippen molar-refractivity contribution in [3.05, 3.63) is 114 Å². The van der Waals surface area contributed by atoms with Crippen LogP contribution in [0.2, 0.25) is 17.3 Å². The minimum Gasteiger partial charge on any atom is -0.305 e. The van der Waals surface area contributed by atoms with Crippen LogP contribution in [0.3, 0.4) is 0 Å². The molecule has 0 bridgehead atoms. The van der Waals surface area contributed by atoms with Crippen molar-refractivity contribution in [1.82, 2.24) is 9.97 Å². The first kappa shape index (κ1) is 35.6. The third-order valence-electron chi connectivity index (χ3n) is 8.89. The molecule has 245 valence electrons. The van der Waals surface area contributed by atoms with Crippen LogP contribution >= 0.6 is 11.3 Å². The minimum absolute atomic E-state index is 0. The summed E-state index contributed by atoms with van der Waals surface area (Å²) in [4.78, 5) is 9.26. The van der Waals surface area contributed by atoms with Crippen molar-refractivity contribution in [3.8, 4) is 22.5 Å². The number of hydrogen-bond donors (Lipinski definition) is 0. The molecule has 0 spiro atoms. The molecule has 0 atom stereocenters. The first-order chi connectivity index (χ1) is 22.2. The van der Waals surface area contributed by atoms with Gasteiger partial charge in [0.1, 0.15) is 5.82 Å². The van der Waals surface area contributed by atoms with Gasteiger partial charge >= 0.3 is 126 Å². The molecule has 2 nitrogen and oxygen atoms in total. The minimum atomic E-state index is -1.86. The zero-order valence-corrected chi connectivity index (χ0v) is 33.3. The predicted octanol–water partition coefficient (Wildman–Crippen LogP) is 11.1. The molecule has 0 unspecified atom stereocenters. The summed E-state index contributed by atoms with van der Waals surface area (Å²) in [7, 11) is 0. The number of halogens is 1. The number of hydrogen-bond acceptors (Lipinski definition) is 3. The molecule has 0 amide bonds. The molecule has 0 saturated heterocycles. The van der Waals surface area contributed by atoms with Crippen LogP contribution in [-0.2, 0) is 32.9 Å². The van der Waals surface area contributed by atoms with Crippen molar-refractivity contribution in [2.24, 2.45) is 11.8 Å². The normalized spacial score (nSPS) is 13.5. The molecule has 1 radical (unpaired) electrons. The van der Waals surface area contributed by atoms with Gasteiger partial charge in [-0.3, -0.25) is 0 Å². The third kappa shape index (κ3) is 8.67. The summed E-state index contributed by atoms with van der Waals surface area (Å²) in [5.41, 5.74) is 6.85. The Bertz CT molecular complexity index is 1940. The molecule has 6 heteroatoms. The Labute approximate surface area is 300 Å². The third-order valence-corrected chi connectivity index (χ3v) is 14.3. The van der Waals surface area contributed by atoms with Gasteiger partial charge in [-0.15, -0.1) is 23.8 Å². The second kappa shape index (κ2) is 15.7. The zero-order valence-electron chi connectivity index (χ0n) is 28.0. The van der Waals surface area contributed by atoms with Gasteiger partial charge in [-0.25, -0.2) is 4.39 Å². The van der Waals surface area contributed by atoms with Crippen LogP contribution in [0.4, 0.5) is 4.39 Å². The van der Waals surface area contributed by atoms with E-state index in [-0.39, 0.29) is 25.9 Å². The van der Waals surface area contributed by atoms with Gasteiger partial charge < -0.3 is 4.98 Å². The summed E-state index contributed by atoms with van der Waals surface area (Å²) >= 11 is -0.245. The van der Waals surface area contributed by atoms with Gasteiger partial charge in [-0.1, -0.05) is 48.8 Å². The molecular weight excluding hydrogens is 836 g/mol. The molecule has 1 fully saturated rings.